The van der Waals surface area contributed by atoms with Crippen molar-refractivity contribution < 1.29 is 5.11 Å². The Morgan fingerprint density at radius 1 is 1.55 bits per heavy atom. The lowest BCUT2D eigenvalue weighted by molar-refractivity contribution is 0.251. The van der Waals surface area contributed by atoms with E-state index in [1.165, 1.54) is 24.2 Å². The fourth-order valence-electron chi connectivity index (χ4n) is 2.74. The number of rotatable bonds is 8. The molecular weight excluding hydrogens is 270 g/mol. The van der Waals surface area contributed by atoms with Crippen molar-refractivity contribution >= 4 is 16.3 Å². The second-order valence-corrected chi connectivity index (χ2v) is 6.56. The number of aromatic nitrogens is 2. The zero-order chi connectivity index (χ0) is 13.9. The van der Waals surface area contributed by atoms with Crippen LogP contribution in [0.3, 0.4) is 0 Å². The number of fused-ring (bicyclic) bond motifs is 1. The van der Waals surface area contributed by atoms with Crippen LogP contribution in [-0.4, -0.2) is 27.6 Å². The van der Waals surface area contributed by atoms with Crippen molar-refractivity contribution in [3.05, 3.63) is 23.0 Å². The summed E-state index contributed by atoms with van der Waals surface area (Å²) in [6.45, 7) is 4.33. The summed E-state index contributed by atoms with van der Waals surface area (Å²) in [6, 6.07) is 0. The molecule has 0 aromatic carbocycles. The number of imidazole rings is 1. The van der Waals surface area contributed by atoms with E-state index in [4.69, 9.17) is 10.1 Å². The summed E-state index contributed by atoms with van der Waals surface area (Å²) in [5, 5.41) is 14.7. The molecule has 1 atom stereocenters. The van der Waals surface area contributed by atoms with Crippen molar-refractivity contribution in [2.75, 3.05) is 13.2 Å². The quantitative estimate of drug-likeness (QED) is 0.787. The Bertz CT molecular complexity index is 558. The average molecular weight is 293 g/mol. The number of hydrogen-bond donors (Lipinski definition) is 2. The van der Waals surface area contributed by atoms with E-state index in [1.54, 1.807) is 11.3 Å². The van der Waals surface area contributed by atoms with Crippen molar-refractivity contribution in [2.45, 2.75) is 45.1 Å². The number of aliphatic hydroxyl groups excluding tert-OH is 1. The minimum Gasteiger partial charge on any atom is -0.396 e. The van der Waals surface area contributed by atoms with E-state index in [1.807, 2.05) is 0 Å². The molecular formula is C15H23N3OS. The second kappa shape index (κ2) is 6.24. The third kappa shape index (κ3) is 2.90. The first-order valence-corrected chi connectivity index (χ1v) is 8.47. The molecule has 1 aliphatic rings. The minimum absolute atomic E-state index is 0.287. The van der Waals surface area contributed by atoms with Gasteiger partial charge in [-0.3, -0.25) is 4.40 Å². The molecule has 1 aliphatic carbocycles. The molecule has 2 aromatic heterocycles. The molecule has 4 nitrogen and oxygen atoms in total. The van der Waals surface area contributed by atoms with Crippen molar-refractivity contribution in [3.63, 3.8) is 0 Å². The molecule has 110 valence electrons. The van der Waals surface area contributed by atoms with Gasteiger partial charge in [0.1, 0.15) is 0 Å². The molecule has 20 heavy (non-hydrogen) atoms. The topological polar surface area (TPSA) is 49.6 Å². The van der Waals surface area contributed by atoms with Gasteiger partial charge in [0, 0.05) is 30.6 Å². The van der Waals surface area contributed by atoms with E-state index >= 15 is 0 Å². The summed E-state index contributed by atoms with van der Waals surface area (Å²) in [5.74, 6) is 1.26. The molecule has 3 rings (SSSR count). The number of nitrogens with zero attached hydrogens (tertiary/aromatic N) is 2. The lowest BCUT2D eigenvalue weighted by Crippen LogP contribution is -2.24. The van der Waals surface area contributed by atoms with Gasteiger partial charge >= 0.3 is 0 Å². The van der Waals surface area contributed by atoms with Crippen LogP contribution in [0.1, 0.15) is 49.9 Å². The van der Waals surface area contributed by atoms with E-state index in [0.29, 0.717) is 11.8 Å². The van der Waals surface area contributed by atoms with Crippen molar-refractivity contribution in [3.8, 4) is 0 Å². The molecule has 0 bridgehead atoms. The number of aliphatic hydroxyl groups is 1. The van der Waals surface area contributed by atoms with Gasteiger partial charge in [-0.05, 0) is 31.7 Å². The third-order valence-electron chi connectivity index (χ3n) is 4.20. The van der Waals surface area contributed by atoms with Crippen LogP contribution in [0.2, 0.25) is 0 Å². The number of hydrogen-bond acceptors (Lipinski definition) is 4. The normalized spacial score (nSPS) is 16.9. The molecule has 2 aromatic rings. The Balaban J connectivity index is 1.67. The van der Waals surface area contributed by atoms with Crippen LogP contribution in [0.4, 0.5) is 0 Å². The van der Waals surface area contributed by atoms with Gasteiger partial charge in [-0.2, -0.15) is 0 Å². The van der Waals surface area contributed by atoms with Crippen LogP contribution >= 0.6 is 11.3 Å². The first-order chi connectivity index (χ1) is 9.83. The summed E-state index contributed by atoms with van der Waals surface area (Å²) in [6.07, 6.45) is 6.71. The summed E-state index contributed by atoms with van der Waals surface area (Å²) >= 11 is 1.71. The van der Waals surface area contributed by atoms with Gasteiger partial charge < -0.3 is 10.4 Å². The Kier molecular flexibility index (Phi) is 4.38. The molecule has 1 saturated carbocycles. The first kappa shape index (κ1) is 14.0. The van der Waals surface area contributed by atoms with Crippen LogP contribution in [0.25, 0.3) is 4.96 Å². The molecule has 0 amide bonds. The highest BCUT2D eigenvalue weighted by atomic mass is 32.1. The maximum absolute atomic E-state index is 9.05. The molecule has 0 spiro atoms. The average Bonchev–Trinajstić information content (AvgIpc) is 3.10. The monoisotopic (exact) mass is 293 g/mol. The van der Waals surface area contributed by atoms with Gasteiger partial charge in [-0.25, -0.2) is 4.98 Å². The van der Waals surface area contributed by atoms with Gasteiger partial charge in [0.2, 0.25) is 0 Å². The summed E-state index contributed by atoms with van der Waals surface area (Å²) in [7, 11) is 0. The highest BCUT2D eigenvalue weighted by Crippen LogP contribution is 2.41. The first-order valence-electron chi connectivity index (χ1n) is 7.59. The highest BCUT2D eigenvalue weighted by Gasteiger charge is 2.30. The smallest absolute Gasteiger partial charge is 0.194 e. The molecule has 1 fully saturated rings. The Labute approximate surface area is 123 Å². The summed E-state index contributed by atoms with van der Waals surface area (Å²) in [5.41, 5.74) is 2.64. The van der Waals surface area contributed by atoms with Crippen molar-refractivity contribution in [1.29, 1.82) is 0 Å². The second-order valence-electron chi connectivity index (χ2n) is 5.69. The van der Waals surface area contributed by atoms with Crippen molar-refractivity contribution in [1.82, 2.24) is 14.7 Å². The standard InChI is InChI=1S/C15H23N3OS/c1-2-11(5-7-19)9-16-10-13-14(12-3-4-12)17-15-18(13)6-8-20-15/h6,8,11-12,16,19H,2-5,7,9-10H2,1H3. The van der Waals surface area contributed by atoms with E-state index in [9.17, 15) is 0 Å². The summed E-state index contributed by atoms with van der Waals surface area (Å²) in [4.78, 5) is 5.91. The maximum Gasteiger partial charge on any atom is 0.194 e. The zero-order valence-corrected chi connectivity index (χ0v) is 12.8. The Morgan fingerprint density at radius 2 is 2.40 bits per heavy atom. The maximum atomic E-state index is 9.05. The van der Waals surface area contributed by atoms with Crippen LogP contribution in [-0.2, 0) is 6.54 Å². The van der Waals surface area contributed by atoms with E-state index in [-0.39, 0.29) is 6.61 Å². The molecule has 0 aliphatic heterocycles. The van der Waals surface area contributed by atoms with Crippen LogP contribution in [0.5, 0.6) is 0 Å². The van der Waals surface area contributed by atoms with Gasteiger partial charge in [0.15, 0.2) is 4.96 Å². The van der Waals surface area contributed by atoms with Crippen LogP contribution in [0.15, 0.2) is 11.6 Å². The van der Waals surface area contributed by atoms with E-state index in [0.717, 1.165) is 30.9 Å². The number of nitrogens with one attached hydrogen (secondary N) is 1. The van der Waals surface area contributed by atoms with Gasteiger partial charge in [-0.1, -0.05) is 13.3 Å². The molecule has 0 saturated heterocycles. The predicted octanol–water partition coefficient (Wildman–Crippen LogP) is 2.77. The molecule has 2 N–H and O–H groups in total. The SMILES string of the molecule is CCC(CCO)CNCc1c(C2CC2)nc2sccn12. The van der Waals surface area contributed by atoms with Gasteiger partial charge in [0.25, 0.3) is 0 Å². The fourth-order valence-corrected chi connectivity index (χ4v) is 3.48. The molecule has 2 heterocycles. The Hall–Kier alpha value is -0.910. The Morgan fingerprint density at radius 3 is 3.10 bits per heavy atom. The summed E-state index contributed by atoms with van der Waals surface area (Å²) < 4.78 is 2.23. The highest BCUT2D eigenvalue weighted by molar-refractivity contribution is 7.15. The zero-order valence-electron chi connectivity index (χ0n) is 12.0. The van der Waals surface area contributed by atoms with Gasteiger partial charge in [-0.15, -0.1) is 11.3 Å². The fraction of sp³-hybridized carbons (Fsp3) is 0.667. The number of thiazole rings is 1. The lowest BCUT2D eigenvalue weighted by atomic mass is 10.0. The third-order valence-corrected chi connectivity index (χ3v) is 4.95. The molecule has 1 unspecified atom stereocenters. The van der Waals surface area contributed by atoms with E-state index < -0.39 is 0 Å². The lowest BCUT2D eigenvalue weighted by Gasteiger charge is -2.14. The minimum atomic E-state index is 0.287. The molecule has 5 heteroatoms. The van der Waals surface area contributed by atoms with Crippen LogP contribution in [0, 0.1) is 5.92 Å². The van der Waals surface area contributed by atoms with Crippen molar-refractivity contribution in [2.24, 2.45) is 5.92 Å². The largest absolute Gasteiger partial charge is 0.396 e. The molecule has 0 radical (unpaired) electrons. The van der Waals surface area contributed by atoms with E-state index in [2.05, 4.69) is 28.2 Å². The predicted molar refractivity (Wildman–Crippen MR) is 82.2 cm³/mol. The van der Waals surface area contributed by atoms with Crippen LogP contribution < -0.4 is 5.32 Å². The van der Waals surface area contributed by atoms with Gasteiger partial charge in [0.05, 0.1) is 11.4 Å².